The van der Waals surface area contributed by atoms with Crippen LogP contribution < -0.4 is 10.0 Å². The average molecular weight is 346 g/mol. The lowest BCUT2D eigenvalue weighted by Gasteiger charge is -2.13. The third-order valence-corrected chi connectivity index (χ3v) is 4.96. The highest BCUT2D eigenvalue weighted by Crippen LogP contribution is 2.24. The van der Waals surface area contributed by atoms with Gasteiger partial charge in [-0.1, -0.05) is 44.5 Å². The number of anilines is 2. The molecular formula is C18H22N2O3S. The predicted molar refractivity (Wildman–Crippen MR) is 96.6 cm³/mol. The van der Waals surface area contributed by atoms with E-state index in [4.69, 9.17) is 0 Å². The summed E-state index contributed by atoms with van der Waals surface area (Å²) >= 11 is 0. The normalized spacial score (nSPS) is 11.1. The monoisotopic (exact) mass is 346 g/mol. The lowest BCUT2D eigenvalue weighted by Crippen LogP contribution is -2.17. The number of hydrogen-bond acceptors (Lipinski definition) is 3. The van der Waals surface area contributed by atoms with E-state index < -0.39 is 10.0 Å². The summed E-state index contributed by atoms with van der Waals surface area (Å²) in [5.74, 6) is -0.235. The molecule has 0 heterocycles. The number of para-hydroxylation sites is 1. The fourth-order valence-electron chi connectivity index (χ4n) is 2.28. The van der Waals surface area contributed by atoms with Crippen LogP contribution in [0.25, 0.3) is 0 Å². The Kier molecular flexibility index (Phi) is 5.98. The molecule has 2 N–H and O–H groups in total. The van der Waals surface area contributed by atoms with Crippen molar-refractivity contribution in [2.45, 2.75) is 38.0 Å². The fourth-order valence-corrected chi connectivity index (χ4v) is 3.50. The van der Waals surface area contributed by atoms with E-state index in [0.717, 1.165) is 18.4 Å². The molecule has 0 aliphatic rings. The molecule has 24 heavy (non-hydrogen) atoms. The summed E-state index contributed by atoms with van der Waals surface area (Å²) in [5, 5.41) is 2.62. The molecule has 0 saturated heterocycles. The van der Waals surface area contributed by atoms with E-state index >= 15 is 0 Å². The Morgan fingerprint density at radius 2 is 1.67 bits per heavy atom. The molecule has 2 aromatic rings. The number of nitrogens with one attached hydrogen (secondary N) is 2. The van der Waals surface area contributed by atoms with Crippen LogP contribution in [0.1, 0.15) is 32.3 Å². The van der Waals surface area contributed by atoms with Crippen molar-refractivity contribution in [2.24, 2.45) is 0 Å². The van der Waals surface area contributed by atoms with Crippen molar-refractivity contribution in [1.29, 1.82) is 0 Å². The Balaban J connectivity index is 2.25. The molecule has 0 bridgehead atoms. The van der Waals surface area contributed by atoms with Gasteiger partial charge in [0.25, 0.3) is 10.0 Å². The second-order valence-corrected chi connectivity index (χ2v) is 7.10. The van der Waals surface area contributed by atoms with E-state index in [0.29, 0.717) is 5.69 Å². The molecule has 0 aliphatic carbocycles. The fraction of sp³-hybridized carbons (Fsp3) is 0.278. The van der Waals surface area contributed by atoms with E-state index in [1.165, 1.54) is 6.07 Å². The zero-order valence-corrected chi connectivity index (χ0v) is 14.7. The number of sulfonamides is 1. The van der Waals surface area contributed by atoms with Crippen LogP contribution in [0.15, 0.2) is 53.4 Å². The number of aryl methyl sites for hydroxylation is 1. The van der Waals surface area contributed by atoms with Gasteiger partial charge in [0.15, 0.2) is 0 Å². The topological polar surface area (TPSA) is 75.3 Å². The Morgan fingerprint density at radius 3 is 2.29 bits per heavy atom. The van der Waals surface area contributed by atoms with Gasteiger partial charge in [-0.2, -0.15) is 0 Å². The van der Waals surface area contributed by atoms with Crippen molar-refractivity contribution in [3.8, 4) is 0 Å². The van der Waals surface area contributed by atoms with Crippen LogP contribution >= 0.6 is 0 Å². The van der Waals surface area contributed by atoms with Crippen molar-refractivity contribution in [2.75, 3.05) is 10.0 Å². The van der Waals surface area contributed by atoms with Gasteiger partial charge in [-0.25, -0.2) is 8.42 Å². The highest BCUT2D eigenvalue weighted by molar-refractivity contribution is 7.92. The minimum atomic E-state index is -3.79. The number of amides is 1. The van der Waals surface area contributed by atoms with E-state index in [9.17, 15) is 13.2 Å². The van der Waals surface area contributed by atoms with Gasteiger partial charge in [0.05, 0.1) is 5.69 Å². The lowest BCUT2D eigenvalue weighted by atomic mass is 10.1. The maximum atomic E-state index is 12.6. The van der Waals surface area contributed by atoms with Gasteiger partial charge in [-0.3, -0.25) is 9.52 Å². The molecule has 0 aliphatic heterocycles. The van der Waals surface area contributed by atoms with Gasteiger partial charge >= 0.3 is 0 Å². The molecule has 0 aromatic heterocycles. The predicted octanol–water partition coefficient (Wildman–Crippen LogP) is 3.79. The first-order chi connectivity index (χ1) is 11.5. The summed E-state index contributed by atoms with van der Waals surface area (Å²) in [7, 11) is -3.79. The van der Waals surface area contributed by atoms with Crippen LogP contribution in [0.2, 0.25) is 0 Å². The van der Waals surface area contributed by atoms with Crippen molar-refractivity contribution in [3.05, 3.63) is 54.1 Å². The zero-order chi connectivity index (χ0) is 17.6. The van der Waals surface area contributed by atoms with Crippen LogP contribution in [0, 0.1) is 0 Å². The van der Waals surface area contributed by atoms with E-state index in [1.807, 2.05) is 12.1 Å². The lowest BCUT2D eigenvalue weighted by molar-refractivity contribution is -0.115. The largest absolute Gasteiger partial charge is 0.325 e. The molecule has 0 unspecified atom stereocenters. The minimum Gasteiger partial charge on any atom is -0.325 e. The second-order valence-electron chi connectivity index (χ2n) is 5.45. The van der Waals surface area contributed by atoms with Crippen molar-refractivity contribution in [1.82, 2.24) is 0 Å². The van der Waals surface area contributed by atoms with Crippen LogP contribution in [-0.4, -0.2) is 14.3 Å². The first-order valence-electron chi connectivity index (χ1n) is 7.97. The van der Waals surface area contributed by atoms with Gasteiger partial charge in [-0.15, -0.1) is 0 Å². The number of benzene rings is 2. The van der Waals surface area contributed by atoms with Crippen molar-refractivity contribution in [3.63, 3.8) is 0 Å². The summed E-state index contributed by atoms with van der Waals surface area (Å²) in [4.78, 5) is 11.6. The van der Waals surface area contributed by atoms with Crippen molar-refractivity contribution < 1.29 is 13.2 Å². The van der Waals surface area contributed by atoms with E-state index in [1.54, 1.807) is 37.3 Å². The average Bonchev–Trinajstić information content (AvgIpc) is 2.57. The second kappa shape index (κ2) is 7.97. The first-order valence-corrected chi connectivity index (χ1v) is 9.45. The van der Waals surface area contributed by atoms with Gasteiger partial charge in [-0.05, 0) is 36.2 Å². The molecule has 2 rings (SSSR count). The summed E-state index contributed by atoms with van der Waals surface area (Å²) in [6, 6.07) is 13.7. The van der Waals surface area contributed by atoms with Gasteiger partial charge in [0.1, 0.15) is 4.90 Å². The summed E-state index contributed by atoms with van der Waals surface area (Å²) in [6.07, 6.45) is 2.27. The summed E-state index contributed by atoms with van der Waals surface area (Å²) < 4.78 is 27.8. The maximum absolute atomic E-state index is 12.6. The molecule has 5 nitrogen and oxygen atoms in total. The number of rotatable bonds is 7. The summed E-state index contributed by atoms with van der Waals surface area (Å²) in [5.41, 5.74) is 1.93. The maximum Gasteiger partial charge on any atom is 0.263 e. The molecule has 1 amide bonds. The standard InChI is InChI=1S/C18H22N2O3S/c1-3-7-14-10-12-15(13-11-14)20-24(22,23)17-9-6-5-8-16(17)19-18(21)4-2/h5-6,8-13,20H,3-4,7H2,1-2H3,(H,19,21). The Bertz CT molecular complexity index is 799. The van der Waals surface area contributed by atoms with E-state index in [-0.39, 0.29) is 22.9 Å². The SMILES string of the molecule is CCCc1ccc(NS(=O)(=O)c2ccccc2NC(=O)CC)cc1. The number of hydrogen-bond donors (Lipinski definition) is 2. The highest BCUT2D eigenvalue weighted by Gasteiger charge is 2.19. The molecule has 0 spiro atoms. The smallest absolute Gasteiger partial charge is 0.263 e. The van der Waals surface area contributed by atoms with Crippen LogP contribution in [0.4, 0.5) is 11.4 Å². The molecule has 0 atom stereocenters. The molecular weight excluding hydrogens is 324 g/mol. The molecule has 0 fully saturated rings. The Labute approximate surface area is 143 Å². The van der Waals surface area contributed by atoms with Gasteiger partial charge in [0, 0.05) is 12.1 Å². The van der Waals surface area contributed by atoms with Crippen LogP contribution in [-0.2, 0) is 21.2 Å². The Morgan fingerprint density at radius 1 is 1.00 bits per heavy atom. The molecule has 0 saturated carbocycles. The van der Waals surface area contributed by atoms with Crippen molar-refractivity contribution >= 4 is 27.3 Å². The van der Waals surface area contributed by atoms with E-state index in [2.05, 4.69) is 17.0 Å². The third kappa shape index (κ3) is 4.58. The quantitative estimate of drug-likeness (QED) is 0.801. The minimum absolute atomic E-state index is 0.0458. The van der Waals surface area contributed by atoms with Crippen LogP contribution in [0.3, 0.4) is 0 Å². The molecule has 128 valence electrons. The molecule has 0 radical (unpaired) electrons. The first kappa shape index (κ1) is 18.0. The zero-order valence-electron chi connectivity index (χ0n) is 13.9. The Hall–Kier alpha value is -2.34. The third-order valence-electron chi connectivity index (χ3n) is 3.52. The molecule has 2 aromatic carbocycles. The highest BCUT2D eigenvalue weighted by atomic mass is 32.2. The number of carbonyl (C=O) groups excluding carboxylic acids is 1. The summed E-state index contributed by atoms with van der Waals surface area (Å²) in [6.45, 7) is 3.81. The van der Waals surface area contributed by atoms with Gasteiger partial charge < -0.3 is 5.32 Å². The molecule has 6 heteroatoms. The number of carbonyl (C=O) groups is 1. The van der Waals surface area contributed by atoms with Gasteiger partial charge in [0.2, 0.25) is 5.91 Å². The van der Waals surface area contributed by atoms with Crippen LogP contribution in [0.5, 0.6) is 0 Å².